The van der Waals surface area contributed by atoms with E-state index < -0.39 is 0 Å². The molecule has 0 spiro atoms. The second-order valence-electron chi connectivity index (χ2n) is 10.0. The number of hydrogen-bond acceptors (Lipinski definition) is 2. The lowest BCUT2D eigenvalue weighted by Crippen LogP contribution is -2.36. The summed E-state index contributed by atoms with van der Waals surface area (Å²) >= 11 is 0. The average Bonchev–Trinajstić information content (AvgIpc) is 2.95. The summed E-state index contributed by atoms with van der Waals surface area (Å²) in [6.07, 6.45) is 7.85. The molecule has 7 rings (SSSR count). The summed E-state index contributed by atoms with van der Waals surface area (Å²) in [7, 11) is 0. The Hall–Kier alpha value is -4.14. The smallest absolute Gasteiger partial charge is 0.116 e. The lowest BCUT2D eigenvalue weighted by molar-refractivity contribution is 0.476. The standard InChI is InChI=1S/C25H23N.C10H8O/c26-25-19(16-17-6-2-1-3-7-17)11-13-23-22-12-10-18-8-4-5-9-20(18)21(22)14-15-24(23)25;11-10-6-5-8-3-1-2-4-9(8)7-10/h1-13,19,25H,14-16,26H2;1-7,11H/t19-,25+;/m1./s1. The van der Waals surface area contributed by atoms with Crippen LogP contribution in [0.1, 0.15) is 23.1 Å². The molecule has 0 aliphatic heterocycles. The van der Waals surface area contributed by atoms with Crippen LogP contribution < -0.4 is 5.73 Å². The third-order valence-corrected chi connectivity index (χ3v) is 7.74. The molecule has 0 saturated carbocycles. The molecule has 2 nitrogen and oxygen atoms in total. The summed E-state index contributed by atoms with van der Waals surface area (Å²) in [5.74, 6) is 0.710. The van der Waals surface area contributed by atoms with Crippen LogP contribution >= 0.6 is 0 Å². The summed E-state index contributed by atoms with van der Waals surface area (Å²) in [4.78, 5) is 0. The van der Waals surface area contributed by atoms with Crippen LogP contribution in [-0.4, -0.2) is 11.1 Å². The van der Waals surface area contributed by atoms with E-state index in [2.05, 4.69) is 78.9 Å². The number of hydrogen-bond donors (Lipinski definition) is 2. The highest BCUT2D eigenvalue weighted by Gasteiger charge is 2.29. The number of benzene rings is 5. The maximum atomic E-state index is 9.13. The van der Waals surface area contributed by atoms with Crippen LogP contribution in [0.4, 0.5) is 0 Å². The number of phenols is 1. The van der Waals surface area contributed by atoms with E-state index >= 15 is 0 Å². The number of phenolic OH excluding ortho intramolecular Hbond substituents is 1. The Bertz CT molecular complexity index is 1630. The zero-order valence-corrected chi connectivity index (χ0v) is 20.8. The molecule has 5 aromatic rings. The summed E-state index contributed by atoms with van der Waals surface area (Å²) in [5.41, 5.74) is 13.8. The fourth-order valence-electron chi connectivity index (χ4n) is 5.82. The minimum atomic E-state index is 0.120. The first-order chi connectivity index (χ1) is 18.2. The lowest BCUT2D eigenvalue weighted by Gasteiger charge is -2.33. The molecule has 0 aromatic heterocycles. The van der Waals surface area contributed by atoms with Crippen LogP contribution in [-0.2, 0) is 12.8 Å². The van der Waals surface area contributed by atoms with Crippen molar-refractivity contribution in [3.8, 4) is 5.75 Å². The van der Waals surface area contributed by atoms with E-state index in [1.165, 1.54) is 38.6 Å². The van der Waals surface area contributed by atoms with E-state index in [1.54, 1.807) is 12.1 Å². The molecule has 2 heteroatoms. The molecule has 0 saturated heterocycles. The normalized spacial score (nSPS) is 18.2. The van der Waals surface area contributed by atoms with Crippen LogP contribution in [0.25, 0.3) is 27.1 Å². The van der Waals surface area contributed by atoms with Crippen molar-refractivity contribution in [3.63, 3.8) is 0 Å². The second kappa shape index (κ2) is 10.1. The number of rotatable bonds is 2. The first-order valence-corrected chi connectivity index (χ1v) is 13.1. The molecule has 3 N–H and O–H groups in total. The van der Waals surface area contributed by atoms with Gasteiger partial charge in [-0.2, -0.15) is 0 Å². The first-order valence-electron chi connectivity index (χ1n) is 13.1. The van der Waals surface area contributed by atoms with Gasteiger partial charge in [0.25, 0.3) is 0 Å². The molecule has 0 amide bonds. The van der Waals surface area contributed by atoms with Crippen molar-refractivity contribution in [2.45, 2.75) is 25.3 Å². The highest BCUT2D eigenvalue weighted by Crippen LogP contribution is 2.41. The minimum absolute atomic E-state index is 0.120. The zero-order chi connectivity index (χ0) is 25.2. The molecule has 0 bridgehead atoms. The predicted molar refractivity (Wildman–Crippen MR) is 156 cm³/mol. The second-order valence-corrected chi connectivity index (χ2v) is 10.0. The quantitative estimate of drug-likeness (QED) is 0.270. The van der Waals surface area contributed by atoms with Crippen LogP contribution in [0, 0.1) is 5.92 Å². The van der Waals surface area contributed by atoms with E-state index in [-0.39, 0.29) is 6.04 Å². The van der Waals surface area contributed by atoms with E-state index in [0.717, 1.165) is 30.0 Å². The fourth-order valence-corrected chi connectivity index (χ4v) is 5.82. The molecule has 0 unspecified atom stereocenters. The van der Waals surface area contributed by atoms with Crippen molar-refractivity contribution in [1.29, 1.82) is 0 Å². The van der Waals surface area contributed by atoms with Gasteiger partial charge in [0.2, 0.25) is 0 Å². The first kappa shape index (κ1) is 23.3. The largest absolute Gasteiger partial charge is 0.508 e. The Morgan fingerprint density at radius 1 is 0.703 bits per heavy atom. The van der Waals surface area contributed by atoms with E-state index in [9.17, 15) is 0 Å². The van der Waals surface area contributed by atoms with Gasteiger partial charge < -0.3 is 10.8 Å². The van der Waals surface area contributed by atoms with Gasteiger partial charge >= 0.3 is 0 Å². The molecular formula is C35H31NO. The Morgan fingerprint density at radius 3 is 2.24 bits per heavy atom. The number of aryl methyl sites for hydroxylation is 1. The van der Waals surface area contributed by atoms with Gasteiger partial charge in [0.15, 0.2) is 0 Å². The van der Waals surface area contributed by atoms with Crippen LogP contribution in [0.3, 0.4) is 0 Å². The Morgan fingerprint density at radius 2 is 1.41 bits per heavy atom. The molecule has 2 atom stereocenters. The van der Waals surface area contributed by atoms with Gasteiger partial charge in [-0.25, -0.2) is 0 Å². The van der Waals surface area contributed by atoms with Crippen molar-refractivity contribution < 1.29 is 5.11 Å². The van der Waals surface area contributed by atoms with Crippen molar-refractivity contribution in [2.75, 3.05) is 0 Å². The van der Waals surface area contributed by atoms with Gasteiger partial charge in [-0.15, -0.1) is 0 Å². The third kappa shape index (κ3) is 4.69. The maximum Gasteiger partial charge on any atom is 0.116 e. The minimum Gasteiger partial charge on any atom is -0.508 e. The van der Waals surface area contributed by atoms with Crippen molar-refractivity contribution in [3.05, 3.63) is 144 Å². The summed E-state index contributed by atoms with van der Waals surface area (Å²) in [6.45, 7) is 0. The van der Waals surface area contributed by atoms with Crippen LogP contribution in [0.15, 0.2) is 127 Å². The average molecular weight is 482 g/mol. The predicted octanol–water partition coefficient (Wildman–Crippen LogP) is 7.84. The molecule has 5 aromatic carbocycles. The number of allylic oxidation sites excluding steroid dienone is 2. The molecule has 37 heavy (non-hydrogen) atoms. The Kier molecular flexibility index (Phi) is 6.34. The van der Waals surface area contributed by atoms with Gasteiger partial charge in [0, 0.05) is 12.0 Å². The van der Waals surface area contributed by atoms with Gasteiger partial charge in [0.05, 0.1) is 0 Å². The molecule has 0 fully saturated rings. The molecule has 0 heterocycles. The Balaban J connectivity index is 0.000000191. The van der Waals surface area contributed by atoms with Gasteiger partial charge in [-0.05, 0) is 80.8 Å². The third-order valence-electron chi connectivity index (χ3n) is 7.74. The number of aromatic hydroxyl groups is 1. The molecule has 182 valence electrons. The van der Waals surface area contributed by atoms with E-state index in [0.29, 0.717) is 11.7 Å². The van der Waals surface area contributed by atoms with Crippen molar-refractivity contribution >= 4 is 27.1 Å². The highest BCUT2D eigenvalue weighted by molar-refractivity contribution is 5.94. The van der Waals surface area contributed by atoms with Crippen molar-refractivity contribution in [2.24, 2.45) is 11.7 Å². The van der Waals surface area contributed by atoms with Crippen LogP contribution in [0.2, 0.25) is 0 Å². The molecular weight excluding hydrogens is 450 g/mol. The molecule has 0 radical (unpaired) electrons. The zero-order valence-electron chi connectivity index (χ0n) is 20.8. The van der Waals surface area contributed by atoms with Gasteiger partial charge in [0.1, 0.15) is 5.75 Å². The summed E-state index contributed by atoms with van der Waals surface area (Å²) in [5, 5.41) is 14.1. The van der Waals surface area contributed by atoms with Crippen LogP contribution in [0.5, 0.6) is 5.75 Å². The van der Waals surface area contributed by atoms with Gasteiger partial charge in [-0.3, -0.25) is 0 Å². The maximum absolute atomic E-state index is 9.13. The van der Waals surface area contributed by atoms with Gasteiger partial charge in [-0.1, -0.05) is 109 Å². The fraction of sp³-hybridized carbons (Fsp3) is 0.143. The summed E-state index contributed by atoms with van der Waals surface area (Å²) < 4.78 is 0. The number of fused-ring (bicyclic) bond motifs is 5. The van der Waals surface area contributed by atoms with Crippen molar-refractivity contribution in [1.82, 2.24) is 0 Å². The molecule has 2 aliphatic carbocycles. The highest BCUT2D eigenvalue weighted by atomic mass is 16.3. The topological polar surface area (TPSA) is 46.2 Å². The SMILES string of the molecule is N[C@@H]1C2=C(C=C[C@@H]1Cc1ccccc1)c1ccc3ccccc3c1CC2.Oc1ccc2ccccc2c1. The summed E-state index contributed by atoms with van der Waals surface area (Å²) in [6, 6.07) is 37.4. The number of nitrogens with two attached hydrogens (primary N) is 1. The Labute approximate surface area is 218 Å². The lowest BCUT2D eigenvalue weighted by atomic mass is 9.73. The van der Waals surface area contributed by atoms with E-state index in [1.807, 2.05) is 30.3 Å². The monoisotopic (exact) mass is 481 g/mol. The van der Waals surface area contributed by atoms with E-state index in [4.69, 9.17) is 10.8 Å². The molecule has 2 aliphatic rings.